The largest absolute Gasteiger partial charge is 0.497 e. The van der Waals surface area contributed by atoms with Crippen LogP contribution >= 0.6 is 0 Å². The molecule has 1 aliphatic carbocycles. The molecule has 0 saturated heterocycles. The van der Waals surface area contributed by atoms with Crippen molar-refractivity contribution in [2.24, 2.45) is 5.92 Å². The Labute approximate surface area is 125 Å². The van der Waals surface area contributed by atoms with E-state index in [0.29, 0.717) is 0 Å². The van der Waals surface area contributed by atoms with Crippen LogP contribution < -0.4 is 10.1 Å². The van der Waals surface area contributed by atoms with E-state index >= 15 is 0 Å². The van der Waals surface area contributed by atoms with E-state index in [-0.39, 0.29) is 23.3 Å². The van der Waals surface area contributed by atoms with Crippen molar-refractivity contribution < 1.29 is 13.5 Å². The molecule has 118 valence electrons. The van der Waals surface area contributed by atoms with Gasteiger partial charge in [0.05, 0.1) is 7.11 Å². The summed E-state index contributed by atoms with van der Waals surface area (Å²) < 4.78 is 33.5. The summed E-state index contributed by atoms with van der Waals surface area (Å²) in [5.74, 6) is -0.532. The Kier molecular flexibility index (Phi) is 5.97. The minimum absolute atomic E-state index is 0.156. The highest BCUT2D eigenvalue weighted by molar-refractivity contribution is 5.33. The Morgan fingerprint density at radius 1 is 1.05 bits per heavy atom. The zero-order valence-corrected chi connectivity index (χ0v) is 12.9. The van der Waals surface area contributed by atoms with Gasteiger partial charge >= 0.3 is 0 Å². The lowest BCUT2D eigenvalue weighted by atomic mass is 9.82. The highest BCUT2D eigenvalue weighted by Gasteiger charge is 2.28. The van der Waals surface area contributed by atoms with Crippen molar-refractivity contribution in [2.45, 2.75) is 51.0 Å². The van der Waals surface area contributed by atoms with Crippen molar-refractivity contribution in [1.29, 1.82) is 0 Å². The molecule has 4 heteroatoms. The number of hydrogen-bond acceptors (Lipinski definition) is 2. The van der Waals surface area contributed by atoms with Crippen molar-refractivity contribution in [3.63, 3.8) is 0 Å². The Hall–Kier alpha value is -1.16. The standard InChI is InChI=1S/C17H25F2NO/c1-20-17(12-8-6-4-3-5-7-9-12)16-14(18)10-13(21-2)11-15(16)19/h10-12,17,20H,3-9H2,1-2H3. The van der Waals surface area contributed by atoms with Gasteiger partial charge in [-0.1, -0.05) is 32.1 Å². The second-order valence-corrected chi connectivity index (χ2v) is 5.88. The van der Waals surface area contributed by atoms with E-state index < -0.39 is 11.6 Å². The molecule has 0 radical (unpaired) electrons. The van der Waals surface area contributed by atoms with Crippen LogP contribution in [0.3, 0.4) is 0 Å². The predicted octanol–water partition coefficient (Wildman–Crippen LogP) is 4.59. The van der Waals surface area contributed by atoms with Crippen molar-refractivity contribution in [3.05, 3.63) is 29.3 Å². The average molecular weight is 297 g/mol. The first-order chi connectivity index (χ1) is 10.2. The maximum absolute atomic E-state index is 14.3. The SMILES string of the molecule is CNC(c1c(F)cc(OC)cc1F)C1CCCCCCC1. The molecule has 1 aromatic carbocycles. The molecule has 0 amide bonds. The van der Waals surface area contributed by atoms with Crippen LogP contribution in [0.1, 0.15) is 56.6 Å². The first kappa shape index (κ1) is 16.2. The van der Waals surface area contributed by atoms with Crippen LogP contribution in [0.15, 0.2) is 12.1 Å². The first-order valence-electron chi connectivity index (χ1n) is 7.87. The molecule has 0 aromatic heterocycles. The fourth-order valence-corrected chi connectivity index (χ4v) is 3.41. The zero-order chi connectivity index (χ0) is 15.2. The summed E-state index contributed by atoms with van der Waals surface area (Å²) in [5.41, 5.74) is 0.156. The highest BCUT2D eigenvalue weighted by Crippen LogP contribution is 2.36. The third kappa shape index (κ3) is 3.94. The topological polar surface area (TPSA) is 21.3 Å². The van der Waals surface area contributed by atoms with E-state index in [0.717, 1.165) is 25.7 Å². The summed E-state index contributed by atoms with van der Waals surface area (Å²) in [7, 11) is 3.20. The molecule has 0 heterocycles. The van der Waals surface area contributed by atoms with Crippen LogP contribution in [0.2, 0.25) is 0 Å². The van der Waals surface area contributed by atoms with E-state index in [1.807, 2.05) is 0 Å². The number of halogens is 2. The lowest BCUT2D eigenvalue weighted by Gasteiger charge is -2.29. The minimum atomic E-state index is -0.520. The first-order valence-corrected chi connectivity index (χ1v) is 7.87. The summed E-state index contributed by atoms with van der Waals surface area (Å²) in [6.07, 6.45) is 8.06. The van der Waals surface area contributed by atoms with Crippen LogP contribution in [-0.4, -0.2) is 14.2 Å². The van der Waals surface area contributed by atoms with Crippen LogP contribution in [0, 0.1) is 17.6 Å². The van der Waals surface area contributed by atoms with Gasteiger partial charge in [0.25, 0.3) is 0 Å². The normalized spacial score (nSPS) is 18.9. The van der Waals surface area contributed by atoms with Crippen LogP contribution in [0.5, 0.6) is 5.75 Å². The lowest BCUT2D eigenvalue weighted by molar-refractivity contribution is 0.287. The molecule has 0 bridgehead atoms. The van der Waals surface area contributed by atoms with Crippen LogP contribution in [-0.2, 0) is 0 Å². The van der Waals surface area contributed by atoms with Crippen molar-refractivity contribution in [3.8, 4) is 5.75 Å². The van der Waals surface area contributed by atoms with Gasteiger partial charge in [-0.3, -0.25) is 0 Å². The smallest absolute Gasteiger partial charge is 0.134 e. The van der Waals surface area contributed by atoms with Gasteiger partial charge in [0.1, 0.15) is 17.4 Å². The third-order valence-corrected chi connectivity index (χ3v) is 4.53. The second kappa shape index (κ2) is 7.74. The van der Waals surface area contributed by atoms with Gasteiger partial charge in [0.2, 0.25) is 0 Å². The van der Waals surface area contributed by atoms with Gasteiger partial charge in [-0.2, -0.15) is 0 Å². The molecule has 1 fully saturated rings. The van der Waals surface area contributed by atoms with E-state index in [2.05, 4.69) is 5.32 Å². The van der Waals surface area contributed by atoms with Crippen molar-refractivity contribution in [2.75, 3.05) is 14.2 Å². The fourth-order valence-electron chi connectivity index (χ4n) is 3.41. The molecular weight excluding hydrogens is 272 g/mol. The Balaban J connectivity index is 2.27. The number of ether oxygens (including phenoxy) is 1. The van der Waals surface area contributed by atoms with Crippen LogP contribution in [0.25, 0.3) is 0 Å². The van der Waals surface area contributed by atoms with Gasteiger partial charge in [-0.15, -0.1) is 0 Å². The Morgan fingerprint density at radius 2 is 1.57 bits per heavy atom. The van der Waals surface area contributed by atoms with E-state index in [4.69, 9.17) is 4.74 Å². The van der Waals surface area contributed by atoms with Gasteiger partial charge in [0.15, 0.2) is 0 Å². The lowest BCUT2D eigenvalue weighted by Crippen LogP contribution is -2.28. The average Bonchev–Trinajstić information content (AvgIpc) is 2.43. The molecule has 1 aromatic rings. The summed E-state index contributed by atoms with van der Waals surface area (Å²) >= 11 is 0. The quantitative estimate of drug-likeness (QED) is 0.877. The molecule has 1 saturated carbocycles. The maximum Gasteiger partial charge on any atom is 0.134 e. The van der Waals surface area contributed by atoms with Gasteiger partial charge in [-0.25, -0.2) is 8.78 Å². The Bertz CT molecular complexity index is 433. The molecule has 1 aliphatic rings. The molecule has 2 rings (SSSR count). The number of hydrogen-bond donors (Lipinski definition) is 1. The third-order valence-electron chi connectivity index (χ3n) is 4.53. The predicted molar refractivity (Wildman–Crippen MR) is 80.5 cm³/mol. The molecule has 0 spiro atoms. The fraction of sp³-hybridized carbons (Fsp3) is 0.647. The van der Waals surface area contributed by atoms with E-state index in [9.17, 15) is 8.78 Å². The number of methoxy groups -OCH3 is 1. The number of nitrogens with one attached hydrogen (secondary N) is 1. The molecule has 2 nitrogen and oxygen atoms in total. The highest BCUT2D eigenvalue weighted by atomic mass is 19.1. The molecule has 1 unspecified atom stereocenters. The molecular formula is C17H25F2NO. The zero-order valence-electron chi connectivity index (χ0n) is 12.9. The van der Waals surface area contributed by atoms with Crippen molar-refractivity contribution >= 4 is 0 Å². The van der Waals surface area contributed by atoms with Crippen molar-refractivity contribution in [1.82, 2.24) is 5.32 Å². The van der Waals surface area contributed by atoms with E-state index in [1.54, 1.807) is 7.05 Å². The maximum atomic E-state index is 14.3. The Morgan fingerprint density at radius 3 is 2.05 bits per heavy atom. The second-order valence-electron chi connectivity index (χ2n) is 5.88. The summed E-state index contributed by atoms with van der Waals surface area (Å²) in [6.45, 7) is 0. The molecule has 0 aliphatic heterocycles. The summed E-state index contributed by atoms with van der Waals surface area (Å²) in [6, 6.07) is 2.27. The number of benzene rings is 1. The summed E-state index contributed by atoms with van der Waals surface area (Å²) in [5, 5.41) is 3.13. The van der Waals surface area contributed by atoms with Gasteiger partial charge in [-0.05, 0) is 25.8 Å². The van der Waals surface area contributed by atoms with Gasteiger partial charge < -0.3 is 10.1 Å². The minimum Gasteiger partial charge on any atom is -0.497 e. The monoisotopic (exact) mass is 297 g/mol. The summed E-state index contributed by atoms with van der Waals surface area (Å²) in [4.78, 5) is 0. The van der Waals surface area contributed by atoms with E-state index in [1.165, 1.54) is 38.5 Å². The number of rotatable bonds is 4. The van der Waals surface area contributed by atoms with Gasteiger partial charge in [0, 0.05) is 23.7 Å². The molecule has 1 N–H and O–H groups in total. The molecule has 1 atom stereocenters. The molecule has 21 heavy (non-hydrogen) atoms. The van der Waals surface area contributed by atoms with Crippen LogP contribution in [0.4, 0.5) is 8.78 Å².